The van der Waals surface area contributed by atoms with Crippen molar-refractivity contribution in [3.63, 3.8) is 0 Å². The smallest absolute Gasteiger partial charge is 0.0699 e. The Morgan fingerprint density at radius 2 is 1.32 bits per heavy atom. The van der Waals surface area contributed by atoms with Crippen LogP contribution >= 0.6 is 0 Å². The summed E-state index contributed by atoms with van der Waals surface area (Å²) in [5.41, 5.74) is 5.98. The monoisotopic (exact) mass is 291 g/mol. The molecule has 0 radical (unpaired) electrons. The van der Waals surface area contributed by atoms with Crippen LogP contribution < -0.4 is 0 Å². The van der Waals surface area contributed by atoms with Gasteiger partial charge in [-0.25, -0.2) is 0 Å². The van der Waals surface area contributed by atoms with Crippen molar-refractivity contribution < 1.29 is 0 Å². The minimum atomic E-state index is 0.467. The molecule has 2 aromatic carbocycles. The molecule has 0 spiro atoms. The molecule has 0 heterocycles. The highest BCUT2D eigenvalue weighted by atomic mass is 14.7. The van der Waals surface area contributed by atoms with Crippen LogP contribution in [-0.4, -0.2) is 6.21 Å². The Labute approximate surface area is 134 Å². The van der Waals surface area contributed by atoms with Gasteiger partial charge in [0.15, 0.2) is 0 Å². The number of nitrogens with zero attached hydrogens (tertiary/aromatic N) is 1. The van der Waals surface area contributed by atoms with Crippen molar-refractivity contribution in [1.82, 2.24) is 0 Å². The summed E-state index contributed by atoms with van der Waals surface area (Å²) < 4.78 is 0. The van der Waals surface area contributed by atoms with E-state index in [1.54, 1.807) is 0 Å². The highest BCUT2D eigenvalue weighted by Gasteiger charge is 2.12. The van der Waals surface area contributed by atoms with Crippen LogP contribution in [0.1, 0.15) is 61.8 Å². The molecule has 0 saturated carbocycles. The number of hydrogen-bond acceptors (Lipinski definition) is 1. The molecule has 2 aromatic rings. The molecule has 1 nitrogen and oxygen atoms in total. The fourth-order valence-corrected chi connectivity index (χ4v) is 2.52. The van der Waals surface area contributed by atoms with Crippen LogP contribution in [0.3, 0.4) is 0 Å². The molecule has 0 aliphatic rings. The van der Waals surface area contributed by atoms with E-state index in [2.05, 4.69) is 76.7 Å². The van der Waals surface area contributed by atoms with Crippen LogP contribution in [0.4, 0.5) is 5.69 Å². The lowest BCUT2D eigenvalue weighted by atomic mass is 9.93. The Morgan fingerprint density at radius 3 is 1.77 bits per heavy atom. The summed E-state index contributed by atoms with van der Waals surface area (Å²) in [4.78, 5) is 4.82. The zero-order valence-electron chi connectivity index (χ0n) is 14.0. The van der Waals surface area contributed by atoms with E-state index in [1.165, 1.54) is 11.1 Å². The predicted molar refractivity (Wildman–Crippen MR) is 98.4 cm³/mol. The number of para-hydroxylation sites is 1. The third-order valence-electron chi connectivity index (χ3n) is 3.86. The van der Waals surface area contributed by atoms with Gasteiger partial charge in [-0.3, -0.25) is 4.99 Å². The molecule has 0 amide bonds. The van der Waals surface area contributed by atoms with Crippen molar-refractivity contribution in [1.29, 1.82) is 0 Å². The zero-order valence-corrected chi connectivity index (χ0v) is 14.0. The van der Waals surface area contributed by atoms with E-state index in [-0.39, 0.29) is 0 Å². The van der Waals surface area contributed by atoms with Crippen LogP contribution in [0.5, 0.6) is 0 Å². The topological polar surface area (TPSA) is 12.4 Å². The SMILES string of the molecule is C=Cc1ccc(C=Nc2c(C(C)C)cccc2C(C)C)cc1. The van der Waals surface area contributed by atoms with Crippen molar-refractivity contribution >= 4 is 18.0 Å². The summed E-state index contributed by atoms with van der Waals surface area (Å²) >= 11 is 0. The van der Waals surface area contributed by atoms with E-state index in [0.29, 0.717) is 11.8 Å². The van der Waals surface area contributed by atoms with E-state index >= 15 is 0 Å². The predicted octanol–water partition coefficient (Wildman–Crippen LogP) is 6.33. The second kappa shape index (κ2) is 7.22. The minimum absolute atomic E-state index is 0.467. The summed E-state index contributed by atoms with van der Waals surface area (Å²) in [6, 6.07) is 14.8. The Balaban J connectivity index is 2.41. The Morgan fingerprint density at radius 1 is 0.818 bits per heavy atom. The molecule has 114 valence electrons. The number of rotatable bonds is 5. The summed E-state index contributed by atoms with van der Waals surface area (Å²) in [5, 5.41) is 0. The quantitative estimate of drug-likeness (QED) is 0.571. The molecule has 22 heavy (non-hydrogen) atoms. The third-order valence-corrected chi connectivity index (χ3v) is 3.86. The first kappa shape index (κ1) is 16.2. The lowest BCUT2D eigenvalue weighted by Crippen LogP contribution is -1.95. The molecular formula is C21H25N. The van der Waals surface area contributed by atoms with E-state index < -0.39 is 0 Å². The maximum atomic E-state index is 4.82. The molecule has 0 aliphatic carbocycles. The van der Waals surface area contributed by atoms with Gasteiger partial charge in [-0.05, 0) is 34.1 Å². The van der Waals surface area contributed by atoms with Crippen molar-refractivity contribution in [3.8, 4) is 0 Å². The molecular weight excluding hydrogens is 266 g/mol. The summed E-state index contributed by atoms with van der Waals surface area (Å²) in [7, 11) is 0. The van der Waals surface area contributed by atoms with Gasteiger partial charge >= 0.3 is 0 Å². The van der Waals surface area contributed by atoms with Gasteiger partial charge < -0.3 is 0 Å². The standard InChI is InChI=1S/C21H25N/c1-6-17-10-12-18(13-11-17)14-22-21-19(15(2)3)8-7-9-20(21)16(4)5/h6-16H,1H2,2-5H3. The average molecular weight is 291 g/mol. The lowest BCUT2D eigenvalue weighted by molar-refractivity contribution is 0.835. The molecule has 0 atom stereocenters. The fourth-order valence-electron chi connectivity index (χ4n) is 2.52. The number of benzene rings is 2. The molecule has 0 fully saturated rings. The van der Waals surface area contributed by atoms with Crippen LogP contribution in [0.2, 0.25) is 0 Å². The molecule has 2 rings (SSSR count). The Kier molecular flexibility index (Phi) is 5.32. The number of aliphatic imine (C=N–C) groups is 1. The van der Waals surface area contributed by atoms with Crippen molar-refractivity contribution in [2.45, 2.75) is 39.5 Å². The summed E-state index contributed by atoms with van der Waals surface area (Å²) in [5.74, 6) is 0.933. The van der Waals surface area contributed by atoms with Crippen molar-refractivity contribution in [2.75, 3.05) is 0 Å². The highest BCUT2D eigenvalue weighted by Crippen LogP contribution is 2.34. The second-order valence-corrected chi connectivity index (χ2v) is 6.22. The molecule has 0 unspecified atom stereocenters. The number of hydrogen-bond donors (Lipinski definition) is 0. The van der Waals surface area contributed by atoms with Gasteiger partial charge in [0.25, 0.3) is 0 Å². The lowest BCUT2D eigenvalue weighted by Gasteiger charge is -2.16. The largest absolute Gasteiger partial charge is 0.256 e. The maximum absolute atomic E-state index is 4.82. The van der Waals surface area contributed by atoms with Crippen LogP contribution in [0.15, 0.2) is 54.0 Å². The van der Waals surface area contributed by atoms with Crippen LogP contribution in [0, 0.1) is 0 Å². The Hall–Kier alpha value is -2.15. The first-order valence-corrected chi connectivity index (χ1v) is 7.92. The van der Waals surface area contributed by atoms with E-state index in [1.807, 2.05) is 12.3 Å². The maximum Gasteiger partial charge on any atom is 0.0699 e. The van der Waals surface area contributed by atoms with Crippen LogP contribution in [-0.2, 0) is 0 Å². The van der Waals surface area contributed by atoms with E-state index in [4.69, 9.17) is 4.99 Å². The third kappa shape index (κ3) is 3.73. The van der Waals surface area contributed by atoms with Crippen molar-refractivity contribution in [2.24, 2.45) is 4.99 Å². The van der Waals surface area contributed by atoms with Gasteiger partial charge in [-0.2, -0.15) is 0 Å². The highest BCUT2D eigenvalue weighted by molar-refractivity contribution is 5.83. The van der Waals surface area contributed by atoms with Gasteiger partial charge in [0.1, 0.15) is 0 Å². The summed E-state index contributed by atoms with van der Waals surface area (Å²) in [6.45, 7) is 12.7. The summed E-state index contributed by atoms with van der Waals surface area (Å²) in [6.07, 6.45) is 3.81. The first-order valence-electron chi connectivity index (χ1n) is 7.92. The normalized spacial score (nSPS) is 11.5. The first-order chi connectivity index (χ1) is 10.5. The van der Waals surface area contributed by atoms with Crippen LogP contribution in [0.25, 0.3) is 6.08 Å². The van der Waals surface area contributed by atoms with Gasteiger partial charge in [0.05, 0.1) is 5.69 Å². The molecule has 0 bridgehead atoms. The molecule has 0 aromatic heterocycles. The second-order valence-electron chi connectivity index (χ2n) is 6.22. The molecule has 0 N–H and O–H groups in total. The van der Waals surface area contributed by atoms with E-state index in [0.717, 1.165) is 16.8 Å². The van der Waals surface area contributed by atoms with Gasteiger partial charge in [-0.1, -0.05) is 82.8 Å². The van der Waals surface area contributed by atoms with Gasteiger partial charge in [-0.15, -0.1) is 0 Å². The molecule has 0 saturated heterocycles. The zero-order chi connectivity index (χ0) is 16.1. The Bertz CT molecular complexity index is 635. The molecule has 0 aliphatic heterocycles. The van der Waals surface area contributed by atoms with Gasteiger partial charge in [0, 0.05) is 6.21 Å². The van der Waals surface area contributed by atoms with E-state index in [9.17, 15) is 0 Å². The fraction of sp³-hybridized carbons (Fsp3) is 0.286. The molecule has 1 heteroatoms. The van der Waals surface area contributed by atoms with Crippen molar-refractivity contribution in [3.05, 3.63) is 71.3 Å². The average Bonchev–Trinajstić information content (AvgIpc) is 2.52. The van der Waals surface area contributed by atoms with Gasteiger partial charge in [0.2, 0.25) is 0 Å². The minimum Gasteiger partial charge on any atom is -0.256 e.